The van der Waals surface area contributed by atoms with Crippen molar-refractivity contribution in [2.24, 2.45) is 0 Å². The number of hydrogen-bond acceptors (Lipinski definition) is 3. The molecule has 0 aliphatic carbocycles. The van der Waals surface area contributed by atoms with E-state index in [1.54, 1.807) is 48.8 Å². The summed E-state index contributed by atoms with van der Waals surface area (Å²) in [5, 5.41) is 6.20. The quantitative estimate of drug-likeness (QED) is 0.323. The number of nitrogens with one attached hydrogen (secondary N) is 2. The maximum absolute atomic E-state index is 12.9. The average molecular weight is 461 g/mol. The summed E-state index contributed by atoms with van der Waals surface area (Å²) >= 11 is 0. The van der Waals surface area contributed by atoms with E-state index in [1.807, 2.05) is 24.3 Å². The van der Waals surface area contributed by atoms with E-state index in [4.69, 9.17) is 0 Å². The minimum absolute atomic E-state index is 0.339. The Bertz CT molecular complexity index is 1240. The minimum Gasteiger partial charge on any atom is -0.385 e. The lowest BCUT2D eigenvalue weighted by molar-refractivity contribution is -0.137. The van der Waals surface area contributed by atoms with Gasteiger partial charge in [-0.2, -0.15) is 13.2 Å². The van der Waals surface area contributed by atoms with Crippen molar-refractivity contribution in [3.05, 3.63) is 114 Å². The molecule has 4 nitrogen and oxygen atoms in total. The van der Waals surface area contributed by atoms with Crippen LogP contribution in [0.2, 0.25) is 0 Å². The number of nitrogens with zero attached hydrogens (tertiary/aromatic N) is 1. The highest BCUT2D eigenvalue weighted by molar-refractivity contribution is 6.08. The van der Waals surface area contributed by atoms with Gasteiger partial charge in [0, 0.05) is 35.9 Å². The monoisotopic (exact) mass is 461 g/mol. The van der Waals surface area contributed by atoms with Crippen molar-refractivity contribution in [1.82, 2.24) is 4.98 Å². The van der Waals surface area contributed by atoms with Gasteiger partial charge in [-0.3, -0.25) is 9.78 Å². The molecule has 0 atom stereocenters. The molecule has 0 saturated heterocycles. The molecular formula is C27H22F3N3O. The van der Waals surface area contributed by atoms with Crippen LogP contribution in [0.5, 0.6) is 0 Å². The molecular weight excluding hydrogens is 439 g/mol. The van der Waals surface area contributed by atoms with E-state index in [0.29, 0.717) is 22.4 Å². The molecule has 0 unspecified atom stereocenters. The van der Waals surface area contributed by atoms with Crippen LogP contribution in [0.25, 0.3) is 11.1 Å². The van der Waals surface area contributed by atoms with Crippen molar-refractivity contribution in [2.75, 3.05) is 17.2 Å². The van der Waals surface area contributed by atoms with Crippen LogP contribution in [0.3, 0.4) is 0 Å². The van der Waals surface area contributed by atoms with E-state index in [0.717, 1.165) is 30.8 Å². The van der Waals surface area contributed by atoms with Crippen LogP contribution in [0.15, 0.2) is 97.3 Å². The second kappa shape index (κ2) is 10.2. The highest BCUT2D eigenvalue weighted by Crippen LogP contribution is 2.32. The van der Waals surface area contributed by atoms with Crippen molar-refractivity contribution < 1.29 is 18.0 Å². The number of rotatable bonds is 7. The molecule has 2 N–H and O–H groups in total. The normalized spacial score (nSPS) is 11.1. The largest absolute Gasteiger partial charge is 0.416 e. The summed E-state index contributed by atoms with van der Waals surface area (Å²) in [5.74, 6) is -0.339. The molecule has 0 radical (unpaired) electrons. The van der Waals surface area contributed by atoms with Gasteiger partial charge in [-0.05, 0) is 77.7 Å². The Kier molecular flexibility index (Phi) is 6.92. The Morgan fingerprint density at radius 2 is 1.44 bits per heavy atom. The van der Waals surface area contributed by atoms with E-state index < -0.39 is 11.7 Å². The predicted molar refractivity (Wildman–Crippen MR) is 128 cm³/mol. The summed E-state index contributed by atoms with van der Waals surface area (Å²) in [6.07, 6.45) is -0.0117. The first-order valence-electron chi connectivity index (χ1n) is 10.7. The molecule has 1 heterocycles. The van der Waals surface area contributed by atoms with Crippen LogP contribution < -0.4 is 10.6 Å². The number of pyridine rings is 1. The molecule has 1 aromatic heterocycles. The van der Waals surface area contributed by atoms with Crippen molar-refractivity contribution >= 4 is 17.3 Å². The number of anilines is 2. The maximum atomic E-state index is 12.9. The van der Waals surface area contributed by atoms with Gasteiger partial charge in [-0.25, -0.2) is 0 Å². The number of carbonyl (C=O) groups excluding carboxylic acids is 1. The molecule has 4 rings (SSSR count). The summed E-state index contributed by atoms with van der Waals surface area (Å²) in [4.78, 5) is 16.9. The fourth-order valence-electron chi connectivity index (χ4n) is 3.54. The van der Waals surface area contributed by atoms with E-state index in [-0.39, 0.29) is 5.91 Å². The van der Waals surface area contributed by atoms with Gasteiger partial charge in [0.05, 0.1) is 5.56 Å². The fourth-order valence-corrected chi connectivity index (χ4v) is 3.54. The van der Waals surface area contributed by atoms with Crippen molar-refractivity contribution in [3.63, 3.8) is 0 Å². The summed E-state index contributed by atoms with van der Waals surface area (Å²) in [6.45, 7) is 0.760. The van der Waals surface area contributed by atoms with Gasteiger partial charge in [0.15, 0.2) is 0 Å². The van der Waals surface area contributed by atoms with Crippen LogP contribution in [0.1, 0.15) is 21.5 Å². The lowest BCUT2D eigenvalue weighted by Gasteiger charge is -2.12. The third-order valence-corrected chi connectivity index (χ3v) is 5.33. The van der Waals surface area contributed by atoms with Crippen molar-refractivity contribution in [2.45, 2.75) is 12.6 Å². The molecule has 3 aromatic carbocycles. The molecule has 7 heteroatoms. The zero-order valence-electron chi connectivity index (χ0n) is 18.1. The van der Waals surface area contributed by atoms with Crippen LogP contribution >= 0.6 is 0 Å². The van der Waals surface area contributed by atoms with Crippen LogP contribution in [-0.4, -0.2) is 17.4 Å². The summed E-state index contributed by atoms with van der Waals surface area (Å²) < 4.78 is 38.6. The highest BCUT2D eigenvalue weighted by atomic mass is 19.4. The van der Waals surface area contributed by atoms with Crippen molar-refractivity contribution in [1.29, 1.82) is 0 Å². The molecule has 0 spiro atoms. The molecule has 0 saturated carbocycles. The maximum Gasteiger partial charge on any atom is 0.416 e. The fraction of sp³-hybridized carbons (Fsp3) is 0.111. The molecule has 172 valence electrons. The lowest BCUT2D eigenvalue weighted by Crippen LogP contribution is -2.13. The zero-order valence-corrected chi connectivity index (χ0v) is 18.1. The van der Waals surface area contributed by atoms with Gasteiger partial charge >= 0.3 is 6.18 Å². The first kappa shape index (κ1) is 23.0. The Labute approximate surface area is 195 Å². The van der Waals surface area contributed by atoms with Crippen LogP contribution in [0.4, 0.5) is 24.5 Å². The first-order valence-corrected chi connectivity index (χ1v) is 10.7. The molecule has 0 aliphatic heterocycles. The highest BCUT2D eigenvalue weighted by Gasteiger charge is 2.30. The number of amides is 1. The van der Waals surface area contributed by atoms with Gasteiger partial charge < -0.3 is 10.6 Å². The van der Waals surface area contributed by atoms with Gasteiger partial charge in [-0.15, -0.1) is 0 Å². The molecule has 0 aliphatic rings. The topological polar surface area (TPSA) is 54.0 Å². The predicted octanol–water partition coefficient (Wildman–Crippen LogP) is 6.67. The van der Waals surface area contributed by atoms with E-state index in [2.05, 4.69) is 15.6 Å². The van der Waals surface area contributed by atoms with Crippen molar-refractivity contribution in [3.8, 4) is 11.1 Å². The number of benzene rings is 3. The Hall–Kier alpha value is -4.13. The SMILES string of the molecule is O=C(Nc1ccc(NCCc2ccncc2)cc1)c1ccccc1-c1ccc(C(F)(F)F)cc1. The zero-order chi connectivity index (χ0) is 24.0. The molecule has 0 fully saturated rings. The first-order chi connectivity index (χ1) is 16.4. The summed E-state index contributed by atoms with van der Waals surface area (Å²) in [7, 11) is 0. The summed E-state index contributed by atoms with van der Waals surface area (Å²) in [6, 6.07) is 22.9. The second-order valence-electron chi connectivity index (χ2n) is 7.68. The minimum atomic E-state index is -4.41. The number of hydrogen-bond donors (Lipinski definition) is 2. The van der Waals surface area contributed by atoms with E-state index in [9.17, 15) is 18.0 Å². The Morgan fingerprint density at radius 3 is 2.12 bits per heavy atom. The second-order valence-corrected chi connectivity index (χ2v) is 7.68. The number of aromatic nitrogens is 1. The van der Waals surface area contributed by atoms with E-state index in [1.165, 1.54) is 17.7 Å². The Morgan fingerprint density at radius 1 is 0.794 bits per heavy atom. The van der Waals surface area contributed by atoms with Crippen LogP contribution in [-0.2, 0) is 12.6 Å². The van der Waals surface area contributed by atoms with Gasteiger partial charge in [0.2, 0.25) is 0 Å². The molecule has 34 heavy (non-hydrogen) atoms. The number of alkyl halides is 3. The standard InChI is InChI=1S/C27H22F3N3O/c28-27(29,30)21-7-5-20(6-8-21)24-3-1-2-4-25(24)26(34)33-23-11-9-22(10-12-23)32-18-15-19-13-16-31-17-14-19/h1-14,16-17,32H,15,18H2,(H,33,34). The number of carbonyl (C=O) groups is 1. The third kappa shape index (κ3) is 5.81. The third-order valence-electron chi connectivity index (χ3n) is 5.33. The van der Waals surface area contributed by atoms with Crippen LogP contribution in [0, 0.1) is 0 Å². The Balaban J connectivity index is 1.41. The number of halogens is 3. The molecule has 0 bridgehead atoms. The summed E-state index contributed by atoms with van der Waals surface area (Å²) in [5.41, 5.74) is 3.48. The molecule has 1 amide bonds. The van der Waals surface area contributed by atoms with Gasteiger partial charge in [0.25, 0.3) is 5.91 Å². The average Bonchev–Trinajstić information content (AvgIpc) is 2.85. The van der Waals surface area contributed by atoms with Gasteiger partial charge in [-0.1, -0.05) is 30.3 Å². The smallest absolute Gasteiger partial charge is 0.385 e. The van der Waals surface area contributed by atoms with E-state index >= 15 is 0 Å². The van der Waals surface area contributed by atoms with Gasteiger partial charge in [0.1, 0.15) is 0 Å². The lowest BCUT2D eigenvalue weighted by atomic mass is 9.98. The molecule has 4 aromatic rings.